The van der Waals surface area contributed by atoms with Crippen LogP contribution in [0.4, 0.5) is 0 Å². The van der Waals surface area contributed by atoms with E-state index in [-0.39, 0.29) is 25.7 Å². The zero-order chi connectivity index (χ0) is 75.3. The van der Waals surface area contributed by atoms with E-state index in [1.54, 1.807) is 0 Å². The van der Waals surface area contributed by atoms with Gasteiger partial charge in [0.1, 0.15) is 19.3 Å². The molecule has 0 radical (unpaired) electrons. The second-order valence-electron chi connectivity index (χ2n) is 31.5. The summed E-state index contributed by atoms with van der Waals surface area (Å²) in [5, 5.41) is 10.7. The van der Waals surface area contributed by atoms with Crippen molar-refractivity contribution in [1.82, 2.24) is 0 Å². The van der Waals surface area contributed by atoms with Gasteiger partial charge in [0.15, 0.2) is 12.2 Å². The van der Waals surface area contributed by atoms with Gasteiger partial charge in [-0.15, -0.1) is 0 Å². The molecule has 0 aromatic heterocycles. The largest absolute Gasteiger partial charge is 0.472 e. The molecule has 0 fully saturated rings. The maximum atomic E-state index is 13.1. The highest BCUT2D eigenvalue weighted by molar-refractivity contribution is 7.47. The summed E-state index contributed by atoms with van der Waals surface area (Å²) >= 11 is 0. The first kappa shape index (κ1) is 100. The maximum Gasteiger partial charge on any atom is 0.472 e. The lowest BCUT2D eigenvalue weighted by molar-refractivity contribution is -0.161. The summed E-state index contributed by atoms with van der Waals surface area (Å²) in [5.74, 6) is 1.03. The van der Waals surface area contributed by atoms with E-state index in [0.717, 1.165) is 114 Å². The summed E-state index contributed by atoms with van der Waals surface area (Å²) < 4.78 is 68.8. The first-order chi connectivity index (χ1) is 49.1. The minimum Gasteiger partial charge on any atom is -0.462 e. The van der Waals surface area contributed by atoms with Crippen LogP contribution in [0.25, 0.3) is 0 Å². The van der Waals surface area contributed by atoms with E-state index in [1.807, 2.05) is 0 Å². The smallest absolute Gasteiger partial charge is 0.462 e. The topological polar surface area (TPSA) is 237 Å². The van der Waals surface area contributed by atoms with Crippen molar-refractivity contribution in [3.05, 3.63) is 0 Å². The second kappa shape index (κ2) is 72.0. The van der Waals surface area contributed by atoms with Crippen LogP contribution in [0.15, 0.2) is 0 Å². The molecule has 0 aliphatic heterocycles. The van der Waals surface area contributed by atoms with Crippen LogP contribution in [-0.2, 0) is 65.4 Å². The summed E-state index contributed by atoms with van der Waals surface area (Å²) in [7, 11) is -9.93. The Morgan fingerprint density at radius 1 is 0.275 bits per heavy atom. The van der Waals surface area contributed by atoms with Gasteiger partial charge < -0.3 is 33.8 Å². The Morgan fingerprint density at radius 3 is 0.696 bits per heavy atom. The molecular weight excluding hydrogens is 1330 g/mol. The molecule has 606 valence electrons. The summed E-state index contributed by atoms with van der Waals surface area (Å²) in [6.07, 6.45) is 59.6. The average molecular weight is 1490 g/mol. The highest BCUT2D eigenvalue weighted by Gasteiger charge is 2.30. The minimum atomic E-state index is -4.96. The molecule has 102 heavy (non-hydrogen) atoms. The van der Waals surface area contributed by atoms with Crippen LogP contribution in [0, 0.1) is 23.7 Å². The van der Waals surface area contributed by atoms with Gasteiger partial charge in [-0.3, -0.25) is 37.3 Å². The van der Waals surface area contributed by atoms with Crippen molar-refractivity contribution in [2.24, 2.45) is 23.7 Å². The average Bonchev–Trinajstić information content (AvgIpc) is 1.14. The Kier molecular flexibility index (Phi) is 70.6. The molecule has 0 bridgehead atoms. The van der Waals surface area contributed by atoms with Crippen molar-refractivity contribution in [1.29, 1.82) is 0 Å². The van der Waals surface area contributed by atoms with Crippen LogP contribution < -0.4 is 0 Å². The number of unbranched alkanes of at least 4 members (excludes halogenated alkanes) is 45. The van der Waals surface area contributed by atoms with Crippen LogP contribution >= 0.6 is 15.6 Å². The van der Waals surface area contributed by atoms with Crippen LogP contribution in [-0.4, -0.2) is 96.7 Å². The number of hydrogen-bond acceptors (Lipinski definition) is 15. The zero-order valence-electron chi connectivity index (χ0n) is 67.2. The molecule has 0 saturated carbocycles. The molecule has 0 amide bonds. The first-order valence-electron chi connectivity index (χ1n) is 42.7. The number of carbonyl (C=O) groups excluding carboxylic acids is 4. The third-order valence-electron chi connectivity index (χ3n) is 19.7. The number of rotatable bonds is 80. The summed E-state index contributed by atoms with van der Waals surface area (Å²) in [6.45, 7) is 14.3. The molecule has 0 aliphatic rings. The molecule has 3 N–H and O–H groups in total. The number of aliphatic hydroxyl groups is 1. The summed E-state index contributed by atoms with van der Waals surface area (Å²) in [4.78, 5) is 73.1. The van der Waals surface area contributed by atoms with E-state index in [4.69, 9.17) is 37.0 Å². The Morgan fingerprint density at radius 2 is 0.471 bits per heavy atom. The Bertz CT molecular complexity index is 1990. The predicted molar refractivity (Wildman–Crippen MR) is 418 cm³/mol. The quantitative estimate of drug-likeness (QED) is 0.0222. The van der Waals surface area contributed by atoms with Crippen molar-refractivity contribution >= 4 is 39.5 Å². The number of ether oxygens (including phenoxy) is 4. The molecule has 0 heterocycles. The first-order valence-corrected chi connectivity index (χ1v) is 45.7. The molecule has 17 nitrogen and oxygen atoms in total. The SMILES string of the molecule is CCC(C)CCCCCCCCCCC(=O)OC[C@H](COP(=O)(O)OC[C@H](O)COP(=O)(O)OC[C@@H](COC(=O)CCCCCCCCCCCCCCCCCC(C)C)OC(=O)CCCCCCCCCCCCCCCCCCC(C)C)OC(=O)CCCCCCCCCCCCC(C)C. The van der Waals surface area contributed by atoms with E-state index < -0.39 is 97.5 Å². The van der Waals surface area contributed by atoms with E-state index in [1.165, 1.54) is 231 Å². The van der Waals surface area contributed by atoms with Gasteiger partial charge in [-0.2, -0.15) is 0 Å². The van der Waals surface area contributed by atoms with Crippen molar-refractivity contribution in [3.63, 3.8) is 0 Å². The third-order valence-corrected chi connectivity index (χ3v) is 21.6. The van der Waals surface area contributed by atoms with E-state index in [9.17, 15) is 43.2 Å². The monoisotopic (exact) mass is 1490 g/mol. The van der Waals surface area contributed by atoms with Crippen molar-refractivity contribution in [3.8, 4) is 0 Å². The van der Waals surface area contributed by atoms with Crippen LogP contribution in [0.1, 0.15) is 428 Å². The molecule has 0 saturated heterocycles. The molecule has 6 atom stereocenters. The van der Waals surface area contributed by atoms with Gasteiger partial charge in [-0.25, -0.2) is 9.13 Å². The molecule has 0 aromatic rings. The fourth-order valence-corrected chi connectivity index (χ4v) is 14.3. The van der Waals surface area contributed by atoms with Gasteiger partial charge >= 0.3 is 39.5 Å². The molecule has 3 unspecified atom stereocenters. The number of phosphoric ester groups is 2. The van der Waals surface area contributed by atoms with E-state index >= 15 is 0 Å². The van der Waals surface area contributed by atoms with E-state index in [0.29, 0.717) is 25.7 Å². The standard InChI is InChI=1S/C83H162O17P2/c1-9-76(8)62-54-46-38-33-34-40-48-56-64-81(86)94-70-79(100-83(88)66-58-50-42-32-26-25-29-37-45-53-61-75(6)7)72-98-102(91,92)96-68-77(84)67-95-101(89,90)97-71-78(69-93-80(85)63-55-47-39-30-23-19-16-12-14-18-22-28-36-44-52-60-74(4)5)99-82(87)65-57-49-41-31-24-20-15-11-10-13-17-21-27-35-43-51-59-73(2)3/h73-79,84H,9-72H2,1-8H3,(H,89,90)(H,91,92)/t76?,77-,78-,79-/m1/s1. The highest BCUT2D eigenvalue weighted by atomic mass is 31.2. The van der Waals surface area contributed by atoms with Crippen molar-refractivity contribution in [2.75, 3.05) is 39.6 Å². The lowest BCUT2D eigenvalue weighted by Gasteiger charge is -2.21. The lowest BCUT2D eigenvalue weighted by atomic mass is 9.99. The van der Waals surface area contributed by atoms with Crippen LogP contribution in [0.2, 0.25) is 0 Å². The lowest BCUT2D eigenvalue weighted by Crippen LogP contribution is -2.30. The van der Waals surface area contributed by atoms with Crippen LogP contribution in [0.5, 0.6) is 0 Å². The fourth-order valence-electron chi connectivity index (χ4n) is 12.8. The Balaban J connectivity index is 5.26. The summed E-state index contributed by atoms with van der Waals surface area (Å²) in [6, 6.07) is 0. The molecular formula is C83H162O17P2. The highest BCUT2D eigenvalue weighted by Crippen LogP contribution is 2.45. The van der Waals surface area contributed by atoms with Gasteiger partial charge in [0.05, 0.1) is 26.4 Å². The van der Waals surface area contributed by atoms with Gasteiger partial charge in [0.2, 0.25) is 0 Å². The predicted octanol–water partition coefficient (Wildman–Crippen LogP) is 24.8. The number of aliphatic hydroxyl groups excluding tert-OH is 1. The minimum absolute atomic E-state index is 0.105. The molecule has 19 heteroatoms. The Hall–Kier alpha value is -1.94. The van der Waals surface area contributed by atoms with E-state index in [2.05, 4.69) is 55.4 Å². The summed E-state index contributed by atoms with van der Waals surface area (Å²) in [5.41, 5.74) is 0. The van der Waals surface area contributed by atoms with Crippen molar-refractivity contribution in [2.45, 2.75) is 446 Å². The second-order valence-corrected chi connectivity index (χ2v) is 34.4. The van der Waals surface area contributed by atoms with Gasteiger partial charge in [0, 0.05) is 25.7 Å². The fraction of sp³-hybridized carbons (Fsp3) is 0.952. The van der Waals surface area contributed by atoms with Crippen molar-refractivity contribution < 1.29 is 80.2 Å². The molecule has 0 aromatic carbocycles. The normalized spacial score (nSPS) is 14.3. The number of hydrogen-bond donors (Lipinski definition) is 3. The Labute approximate surface area is 626 Å². The molecule has 0 aliphatic carbocycles. The number of phosphoric acid groups is 2. The third kappa shape index (κ3) is 74.9. The van der Waals surface area contributed by atoms with Gasteiger partial charge in [-0.1, -0.05) is 376 Å². The molecule has 0 spiro atoms. The number of carbonyl (C=O) groups is 4. The molecule has 0 rings (SSSR count). The van der Waals surface area contributed by atoms with Crippen LogP contribution in [0.3, 0.4) is 0 Å². The number of esters is 4. The van der Waals surface area contributed by atoms with Gasteiger partial charge in [-0.05, 0) is 49.4 Å². The van der Waals surface area contributed by atoms with Gasteiger partial charge in [0.25, 0.3) is 0 Å². The maximum absolute atomic E-state index is 13.1. The zero-order valence-corrected chi connectivity index (χ0v) is 69.0.